The maximum absolute atomic E-state index is 3.88. The Morgan fingerprint density at radius 1 is 1.21 bits per heavy atom. The van der Waals surface area contributed by atoms with Crippen LogP contribution in [0.2, 0.25) is 0 Å². The van der Waals surface area contributed by atoms with Gasteiger partial charge in [0.1, 0.15) is 0 Å². The molecule has 0 heterocycles. The van der Waals surface area contributed by atoms with E-state index in [1.807, 2.05) is 13.1 Å². The fourth-order valence-corrected chi connectivity index (χ4v) is 2.15. The number of likely N-dealkylation sites (N-methyl/N-ethyl adjacent to an activating group) is 1. The van der Waals surface area contributed by atoms with E-state index in [2.05, 4.69) is 61.8 Å². The molecule has 1 aromatic carbocycles. The zero-order valence-electron chi connectivity index (χ0n) is 12.9. The molecule has 0 amide bonds. The van der Waals surface area contributed by atoms with E-state index < -0.39 is 0 Å². The molecule has 1 aromatic rings. The van der Waals surface area contributed by atoms with E-state index in [9.17, 15) is 0 Å². The lowest BCUT2D eigenvalue weighted by Crippen LogP contribution is -2.41. The van der Waals surface area contributed by atoms with Crippen LogP contribution in [0.15, 0.2) is 36.9 Å². The second-order valence-electron chi connectivity index (χ2n) is 5.96. The Hall–Kier alpha value is -1.12. The first-order valence-corrected chi connectivity index (χ1v) is 7.06. The molecule has 0 aliphatic rings. The number of nitrogens with one attached hydrogen (secondary N) is 1. The number of benzene rings is 1. The van der Waals surface area contributed by atoms with Crippen molar-refractivity contribution >= 4 is 0 Å². The largest absolute Gasteiger partial charge is 0.319 e. The molecule has 0 aromatic heterocycles. The summed E-state index contributed by atoms with van der Waals surface area (Å²) < 4.78 is 0. The molecule has 2 heteroatoms. The summed E-state index contributed by atoms with van der Waals surface area (Å²) >= 11 is 0. The van der Waals surface area contributed by atoms with E-state index >= 15 is 0 Å². The Bertz CT molecular complexity index is 390. The summed E-state index contributed by atoms with van der Waals surface area (Å²) in [5.41, 5.74) is 3.02. The number of hydrogen-bond acceptors (Lipinski definition) is 2. The van der Waals surface area contributed by atoms with Crippen molar-refractivity contribution < 1.29 is 0 Å². The van der Waals surface area contributed by atoms with Crippen molar-refractivity contribution in [2.75, 3.05) is 20.1 Å². The van der Waals surface area contributed by atoms with Crippen LogP contribution in [0.4, 0.5) is 0 Å². The van der Waals surface area contributed by atoms with Gasteiger partial charge in [0.2, 0.25) is 0 Å². The molecular formula is C17H28N2. The van der Waals surface area contributed by atoms with Crippen molar-refractivity contribution in [1.29, 1.82) is 0 Å². The molecule has 2 nitrogen and oxygen atoms in total. The lowest BCUT2D eigenvalue weighted by atomic mass is 10.0. The normalized spacial score (nSPS) is 11.8. The van der Waals surface area contributed by atoms with Crippen LogP contribution in [-0.2, 0) is 13.0 Å². The molecule has 0 aliphatic carbocycles. The molecule has 106 valence electrons. The molecule has 0 unspecified atom stereocenters. The van der Waals surface area contributed by atoms with E-state index in [-0.39, 0.29) is 5.54 Å². The standard InChI is InChI=1S/C17H28N2/c1-6-13-19(17(2,3)4)14-16-10-8-7-9-15(16)11-12-18-5/h6-10,18H,1,11-14H2,2-5H3. The van der Waals surface area contributed by atoms with Gasteiger partial charge in [-0.3, -0.25) is 4.90 Å². The average Bonchev–Trinajstić information content (AvgIpc) is 2.36. The molecule has 1 N–H and O–H groups in total. The minimum absolute atomic E-state index is 0.157. The zero-order chi connectivity index (χ0) is 14.3. The molecule has 0 aliphatic heterocycles. The molecule has 19 heavy (non-hydrogen) atoms. The Kier molecular flexibility index (Phi) is 6.26. The van der Waals surface area contributed by atoms with Gasteiger partial charge in [-0.05, 0) is 51.9 Å². The predicted octanol–water partition coefficient (Wildman–Crippen LogP) is 3.24. The van der Waals surface area contributed by atoms with Crippen LogP contribution in [0.1, 0.15) is 31.9 Å². The summed E-state index contributed by atoms with van der Waals surface area (Å²) in [6.07, 6.45) is 3.07. The highest BCUT2D eigenvalue weighted by molar-refractivity contribution is 5.27. The first-order chi connectivity index (χ1) is 8.99. The van der Waals surface area contributed by atoms with E-state index in [4.69, 9.17) is 0 Å². The van der Waals surface area contributed by atoms with Gasteiger partial charge in [-0.1, -0.05) is 30.3 Å². The molecule has 0 fully saturated rings. The third-order valence-corrected chi connectivity index (χ3v) is 3.42. The molecule has 0 spiro atoms. The quantitative estimate of drug-likeness (QED) is 0.757. The van der Waals surface area contributed by atoms with E-state index in [1.54, 1.807) is 0 Å². The highest BCUT2D eigenvalue weighted by atomic mass is 15.2. The highest BCUT2D eigenvalue weighted by Crippen LogP contribution is 2.19. The molecular weight excluding hydrogens is 232 g/mol. The summed E-state index contributed by atoms with van der Waals surface area (Å²) in [4.78, 5) is 2.46. The maximum atomic E-state index is 3.88. The third kappa shape index (κ3) is 5.17. The second kappa shape index (κ2) is 7.46. The van der Waals surface area contributed by atoms with Crippen LogP contribution in [0, 0.1) is 0 Å². The van der Waals surface area contributed by atoms with Gasteiger partial charge in [0.05, 0.1) is 0 Å². The van der Waals surface area contributed by atoms with Gasteiger partial charge in [-0.15, -0.1) is 6.58 Å². The number of rotatable bonds is 7. The van der Waals surface area contributed by atoms with Crippen molar-refractivity contribution in [1.82, 2.24) is 10.2 Å². The number of hydrogen-bond donors (Lipinski definition) is 1. The van der Waals surface area contributed by atoms with Crippen LogP contribution in [0.5, 0.6) is 0 Å². The first kappa shape index (κ1) is 15.9. The van der Waals surface area contributed by atoms with Crippen molar-refractivity contribution in [2.24, 2.45) is 0 Å². The SMILES string of the molecule is C=CCN(Cc1ccccc1CCNC)C(C)(C)C. The highest BCUT2D eigenvalue weighted by Gasteiger charge is 2.20. The summed E-state index contributed by atoms with van der Waals surface area (Å²) in [5.74, 6) is 0. The molecule has 0 atom stereocenters. The van der Waals surface area contributed by atoms with Crippen LogP contribution >= 0.6 is 0 Å². The van der Waals surface area contributed by atoms with Crippen LogP contribution < -0.4 is 5.32 Å². The monoisotopic (exact) mass is 260 g/mol. The fraction of sp³-hybridized carbons (Fsp3) is 0.529. The minimum Gasteiger partial charge on any atom is -0.319 e. The van der Waals surface area contributed by atoms with Crippen molar-refractivity contribution in [2.45, 2.75) is 39.3 Å². The van der Waals surface area contributed by atoms with Crippen molar-refractivity contribution in [3.8, 4) is 0 Å². The average molecular weight is 260 g/mol. The predicted molar refractivity (Wildman–Crippen MR) is 84.4 cm³/mol. The zero-order valence-corrected chi connectivity index (χ0v) is 12.9. The summed E-state index contributed by atoms with van der Waals surface area (Å²) in [6, 6.07) is 8.74. The van der Waals surface area contributed by atoms with Gasteiger partial charge in [0, 0.05) is 18.6 Å². The fourth-order valence-electron chi connectivity index (χ4n) is 2.15. The lowest BCUT2D eigenvalue weighted by molar-refractivity contribution is 0.145. The van der Waals surface area contributed by atoms with Crippen LogP contribution in [0.3, 0.4) is 0 Å². The maximum Gasteiger partial charge on any atom is 0.0244 e. The van der Waals surface area contributed by atoms with Gasteiger partial charge >= 0.3 is 0 Å². The summed E-state index contributed by atoms with van der Waals surface area (Å²) in [6.45, 7) is 13.6. The number of nitrogens with zero attached hydrogens (tertiary/aromatic N) is 1. The molecule has 0 bridgehead atoms. The second-order valence-corrected chi connectivity index (χ2v) is 5.96. The summed E-state index contributed by atoms with van der Waals surface area (Å²) in [5, 5.41) is 3.22. The first-order valence-electron chi connectivity index (χ1n) is 7.06. The molecule has 0 saturated heterocycles. The Morgan fingerprint density at radius 2 is 1.84 bits per heavy atom. The third-order valence-electron chi connectivity index (χ3n) is 3.42. The van der Waals surface area contributed by atoms with Crippen molar-refractivity contribution in [3.05, 3.63) is 48.0 Å². The van der Waals surface area contributed by atoms with E-state index in [0.717, 1.165) is 26.1 Å². The smallest absolute Gasteiger partial charge is 0.0244 e. The van der Waals surface area contributed by atoms with Gasteiger partial charge < -0.3 is 5.32 Å². The van der Waals surface area contributed by atoms with Crippen LogP contribution in [-0.4, -0.2) is 30.6 Å². The van der Waals surface area contributed by atoms with Gasteiger partial charge in [-0.25, -0.2) is 0 Å². The van der Waals surface area contributed by atoms with Gasteiger partial charge in [0.15, 0.2) is 0 Å². The Balaban J connectivity index is 2.86. The minimum atomic E-state index is 0.157. The molecule has 0 saturated carbocycles. The molecule has 0 radical (unpaired) electrons. The lowest BCUT2D eigenvalue weighted by Gasteiger charge is -2.35. The topological polar surface area (TPSA) is 15.3 Å². The Labute approximate surface area is 118 Å². The summed E-state index contributed by atoms with van der Waals surface area (Å²) in [7, 11) is 2.00. The van der Waals surface area contributed by atoms with E-state index in [1.165, 1.54) is 11.1 Å². The van der Waals surface area contributed by atoms with E-state index in [0.29, 0.717) is 0 Å². The van der Waals surface area contributed by atoms with Crippen molar-refractivity contribution in [3.63, 3.8) is 0 Å². The molecule has 1 rings (SSSR count). The van der Waals surface area contributed by atoms with Gasteiger partial charge in [0.25, 0.3) is 0 Å². The Morgan fingerprint density at radius 3 is 2.37 bits per heavy atom. The van der Waals surface area contributed by atoms with Gasteiger partial charge in [-0.2, -0.15) is 0 Å². The van der Waals surface area contributed by atoms with Crippen LogP contribution in [0.25, 0.3) is 0 Å².